The molecule has 2 aromatic carbocycles. The number of nitrogens with one attached hydrogen (secondary N) is 2. The second kappa shape index (κ2) is 6.91. The monoisotopic (exact) mass is 322 g/mol. The van der Waals surface area contributed by atoms with Gasteiger partial charge in [0, 0.05) is 29.9 Å². The van der Waals surface area contributed by atoms with Crippen molar-refractivity contribution in [3.05, 3.63) is 94.2 Å². The topological polar surface area (TPSA) is 62.0 Å². The smallest absolute Gasteiger partial charge is 0.251 e. The van der Waals surface area contributed by atoms with Crippen LogP contribution >= 0.6 is 0 Å². The average molecular weight is 322 g/mol. The number of benzene rings is 2. The zero-order chi connectivity index (χ0) is 16.9. The van der Waals surface area contributed by atoms with Gasteiger partial charge in [0.05, 0.1) is 0 Å². The van der Waals surface area contributed by atoms with Gasteiger partial charge >= 0.3 is 0 Å². The van der Waals surface area contributed by atoms with Crippen molar-refractivity contribution in [2.45, 2.75) is 6.54 Å². The van der Waals surface area contributed by atoms with Crippen molar-refractivity contribution in [3.8, 4) is 11.1 Å². The number of pyridine rings is 1. The first-order valence-corrected chi connectivity index (χ1v) is 7.44. The van der Waals surface area contributed by atoms with Gasteiger partial charge in [-0.2, -0.15) is 0 Å². The summed E-state index contributed by atoms with van der Waals surface area (Å²) in [5.41, 5.74) is 1.91. The number of halogens is 1. The van der Waals surface area contributed by atoms with E-state index >= 15 is 0 Å². The Morgan fingerprint density at radius 1 is 1.00 bits per heavy atom. The molecule has 0 aliphatic heterocycles. The minimum atomic E-state index is -0.429. The van der Waals surface area contributed by atoms with Crippen LogP contribution in [0.4, 0.5) is 4.39 Å². The van der Waals surface area contributed by atoms with Crippen LogP contribution in [-0.2, 0) is 6.54 Å². The molecular formula is C19H15FN2O2. The number of H-pyrrole nitrogens is 1. The molecule has 0 aliphatic rings. The molecule has 0 unspecified atom stereocenters. The lowest BCUT2D eigenvalue weighted by atomic mass is 10.0. The van der Waals surface area contributed by atoms with Gasteiger partial charge in [0.25, 0.3) is 5.91 Å². The van der Waals surface area contributed by atoms with Gasteiger partial charge in [-0.15, -0.1) is 0 Å². The quantitative estimate of drug-likeness (QED) is 0.775. The molecule has 1 amide bonds. The van der Waals surface area contributed by atoms with Crippen LogP contribution in [0.1, 0.15) is 15.9 Å². The molecule has 0 aliphatic carbocycles. The number of rotatable bonds is 4. The third-order valence-electron chi connectivity index (χ3n) is 3.64. The number of hydrogen-bond donors (Lipinski definition) is 2. The molecule has 120 valence electrons. The van der Waals surface area contributed by atoms with Crippen molar-refractivity contribution >= 4 is 5.91 Å². The fourth-order valence-electron chi connectivity index (χ4n) is 2.36. The third-order valence-corrected chi connectivity index (χ3v) is 3.64. The highest BCUT2D eigenvalue weighted by atomic mass is 19.1. The van der Waals surface area contributed by atoms with Crippen molar-refractivity contribution in [1.29, 1.82) is 0 Å². The molecule has 1 aromatic heterocycles. The third kappa shape index (κ3) is 3.57. The van der Waals surface area contributed by atoms with Crippen molar-refractivity contribution in [3.63, 3.8) is 0 Å². The molecule has 2 N–H and O–H groups in total. The highest BCUT2D eigenvalue weighted by Gasteiger charge is 2.08. The first-order chi connectivity index (χ1) is 11.6. The molecule has 0 bridgehead atoms. The van der Waals surface area contributed by atoms with E-state index in [-0.39, 0.29) is 18.0 Å². The van der Waals surface area contributed by atoms with Crippen molar-refractivity contribution in [2.24, 2.45) is 0 Å². The molecule has 0 radical (unpaired) electrons. The van der Waals surface area contributed by atoms with E-state index in [1.165, 1.54) is 18.3 Å². The maximum Gasteiger partial charge on any atom is 0.251 e. The Hall–Kier alpha value is -3.21. The number of carbonyl (C=O) groups is 1. The molecule has 3 rings (SSSR count). The van der Waals surface area contributed by atoms with Crippen LogP contribution in [-0.4, -0.2) is 10.9 Å². The van der Waals surface area contributed by atoms with Crippen LogP contribution < -0.4 is 10.9 Å². The molecule has 4 nitrogen and oxygen atoms in total. The SMILES string of the molecule is O=C(NCc1ccc(-c2cc[nH]c(=O)c2)cc1F)c1ccccc1. The fraction of sp³-hybridized carbons (Fsp3) is 0.0526. The molecule has 0 saturated carbocycles. The summed E-state index contributed by atoms with van der Waals surface area (Å²) >= 11 is 0. The first kappa shape index (κ1) is 15.7. The molecule has 3 aromatic rings. The molecule has 5 heteroatoms. The number of amides is 1. The van der Waals surface area contributed by atoms with Crippen LogP contribution in [0.5, 0.6) is 0 Å². The van der Waals surface area contributed by atoms with Gasteiger partial charge in [-0.3, -0.25) is 9.59 Å². The molecule has 24 heavy (non-hydrogen) atoms. The van der Waals surface area contributed by atoms with Crippen LogP contribution in [0, 0.1) is 5.82 Å². The summed E-state index contributed by atoms with van der Waals surface area (Å²) in [6.07, 6.45) is 1.52. The molecule has 1 heterocycles. The summed E-state index contributed by atoms with van der Waals surface area (Å²) < 4.78 is 14.3. The number of hydrogen-bond acceptors (Lipinski definition) is 2. The first-order valence-electron chi connectivity index (χ1n) is 7.44. The molecule has 0 atom stereocenters. The number of aromatic amines is 1. The summed E-state index contributed by atoms with van der Waals surface area (Å²) in [7, 11) is 0. The Balaban J connectivity index is 1.74. The normalized spacial score (nSPS) is 10.4. The molecule has 0 saturated heterocycles. The summed E-state index contributed by atoms with van der Waals surface area (Å²) in [6, 6.07) is 16.6. The van der Waals surface area contributed by atoms with Gasteiger partial charge in [0.1, 0.15) is 5.82 Å². The zero-order valence-corrected chi connectivity index (χ0v) is 12.8. The van der Waals surface area contributed by atoms with Crippen LogP contribution in [0.3, 0.4) is 0 Å². The Morgan fingerprint density at radius 2 is 1.75 bits per heavy atom. The van der Waals surface area contributed by atoms with E-state index < -0.39 is 5.82 Å². The average Bonchev–Trinajstić information content (AvgIpc) is 2.61. The maximum atomic E-state index is 14.3. The van der Waals surface area contributed by atoms with Gasteiger partial charge in [0.2, 0.25) is 5.56 Å². The summed E-state index contributed by atoms with van der Waals surface area (Å²) in [4.78, 5) is 25.8. The number of aromatic nitrogens is 1. The minimum absolute atomic E-state index is 0.0925. The Bertz CT molecular complexity index is 920. The fourth-order valence-corrected chi connectivity index (χ4v) is 2.36. The van der Waals surface area contributed by atoms with Gasteiger partial charge < -0.3 is 10.3 Å². The minimum Gasteiger partial charge on any atom is -0.348 e. The second-order valence-corrected chi connectivity index (χ2v) is 5.30. The largest absolute Gasteiger partial charge is 0.348 e. The van der Waals surface area contributed by atoms with Crippen molar-refractivity contribution in [2.75, 3.05) is 0 Å². The van der Waals surface area contributed by atoms with Gasteiger partial charge in [-0.05, 0) is 35.4 Å². The Morgan fingerprint density at radius 3 is 2.46 bits per heavy atom. The van der Waals surface area contributed by atoms with Crippen LogP contribution in [0.2, 0.25) is 0 Å². The van der Waals surface area contributed by atoms with Crippen molar-refractivity contribution in [1.82, 2.24) is 10.3 Å². The highest BCUT2D eigenvalue weighted by molar-refractivity contribution is 5.94. The van der Waals surface area contributed by atoms with E-state index in [9.17, 15) is 14.0 Å². The lowest BCUT2D eigenvalue weighted by molar-refractivity contribution is 0.0950. The summed E-state index contributed by atoms with van der Waals surface area (Å²) in [6.45, 7) is 0.0925. The summed E-state index contributed by atoms with van der Waals surface area (Å²) in [5, 5.41) is 2.69. The van der Waals surface area contributed by atoms with Gasteiger partial charge in [-0.1, -0.05) is 30.3 Å². The predicted octanol–water partition coefficient (Wildman–Crippen LogP) is 3.11. The van der Waals surface area contributed by atoms with E-state index in [2.05, 4.69) is 10.3 Å². The lowest BCUT2D eigenvalue weighted by Crippen LogP contribution is -2.23. The van der Waals surface area contributed by atoms with Crippen molar-refractivity contribution < 1.29 is 9.18 Å². The van der Waals surface area contributed by atoms with E-state index in [1.807, 2.05) is 6.07 Å². The lowest BCUT2D eigenvalue weighted by Gasteiger charge is -2.08. The highest BCUT2D eigenvalue weighted by Crippen LogP contribution is 2.20. The second-order valence-electron chi connectivity index (χ2n) is 5.30. The summed E-state index contributed by atoms with van der Waals surface area (Å²) in [5.74, 6) is -0.685. The van der Waals surface area contributed by atoms with Gasteiger partial charge in [-0.25, -0.2) is 4.39 Å². The van der Waals surface area contributed by atoms with E-state index in [0.29, 0.717) is 22.3 Å². The standard InChI is InChI=1S/C19H15FN2O2/c20-17-10-14(15-8-9-21-18(23)11-15)6-7-16(17)12-22-19(24)13-4-2-1-3-5-13/h1-11H,12H2,(H,21,23)(H,22,24). The van der Waals surface area contributed by atoms with E-state index in [1.54, 1.807) is 42.5 Å². The van der Waals surface area contributed by atoms with E-state index in [0.717, 1.165) is 0 Å². The number of carbonyl (C=O) groups excluding carboxylic acids is 1. The van der Waals surface area contributed by atoms with Crippen LogP contribution in [0.15, 0.2) is 71.7 Å². The Labute approximate surface area is 138 Å². The molecule has 0 fully saturated rings. The predicted molar refractivity (Wildman–Crippen MR) is 90.1 cm³/mol. The van der Waals surface area contributed by atoms with Gasteiger partial charge in [0.15, 0.2) is 0 Å². The van der Waals surface area contributed by atoms with Crippen LogP contribution in [0.25, 0.3) is 11.1 Å². The Kier molecular flexibility index (Phi) is 4.52. The van der Waals surface area contributed by atoms with E-state index in [4.69, 9.17) is 0 Å². The maximum absolute atomic E-state index is 14.3. The molecule has 0 spiro atoms. The molecular weight excluding hydrogens is 307 g/mol. The zero-order valence-electron chi connectivity index (χ0n) is 12.8.